The number of hydrogen-bond donors (Lipinski definition) is 0. The van der Waals surface area contributed by atoms with Crippen LogP contribution in [0.15, 0.2) is 0 Å². The Labute approximate surface area is 138 Å². The van der Waals surface area contributed by atoms with Crippen LogP contribution in [0.5, 0.6) is 0 Å². The molecule has 6 unspecified atom stereocenters. The molecule has 0 radical (unpaired) electrons. The second kappa shape index (κ2) is 7.27. The molecule has 126 valence electrons. The van der Waals surface area contributed by atoms with E-state index in [0.29, 0.717) is 0 Å². The molecule has 0 N–H and O–H groups in total. The molecule has 5 aliphatic carbocycles. The van der Waals surface area contributed by atoms with Gasteiger partial charge in [-0.2, -0.15) is 0 Å². The summed E-state index contributed by atoms with van der Waals surface area (Å²) < 4.78 is 0. The molecule has 5 fully saturated rings. The highest BCUT2D eigenvalue weighted by Gasteiger charge is 2.44. The molecule has 0 aromatic rings. The Kier molecular flexibility index (Phi) is 5.13. The van der Waals surface area contributed by atoms with Gasteiger partial charge in [0.2, 0.25) is 0 Å². The summed E-state index contributed by atoms with van der Waals surface area (Å²) in [6, 6.07) is 0. The summed E-state index contributed by atoms with van der Waals surface area (Å²) in [6.45, 7) is 0. The maximum Gasteiger partial charge on any atom is -0.0355 e. The van der Waals surface area contributed by atoms with E-state index in [1.54, 1.807) is 83.5 Å². The average Bonchev–Trinajstić information content (AvgIpc) is 3.19. The predicted octanol–water partition coefficient (Wildman–Crippen LogP) is 6.98. The first-order chi connectivity index (χ1) is 10.9. The Morgan fingerprint density at radius 3 is 1.18 bits per heavy atom. The summed E-state index contributed by atoms with van der Waals surface area (Å²) in [5, 5.41) is 0. The number of fused-ring (bicyclic) bond motifs is 4. The number of hydrogen-bond acceptors (Lipinski definition) is 0. The zero-order chi connectivity index (χ0) is 14.8. The van der Waals surface area contributed by atoms with Gasteiger partial charge < -0.3 is 0 Å². The largest absolute Gasteiger partial charge is 0.0530 e. The first-order valence-electron chi connectivity index (χ1n) is 10.9. The maximum absolute atomic E-state index is 1.62. The molecule has 5 rings (SSSR count). The normalized spacial score (nSPS) is 46.9. The van der Waals surface area contributed by atoms with Crippen molar-refractivity contribution in [3.8, 4) is 0 Å². The highest BCUT2D eigenvalue weighted by Crippen LogP contribution is 2.53. The van der Waals surface area contributed by atoms with Crippen molar-refractivity contribution in [3.63, 3.8) is 0 Å². The summed E-state index contributed by atoms with van der Waals surface area (Å²) in [6.07, 6.45) is 25.0. The summed E-state index contributed by atoms with van der Waals surface area (Å²) in [4.78, 5) is 0. The summed E-state index contributed by atoms with van der Waals surface area (Å²) >= 11 is 0. The molecule has 0 spiro atoms. The van der Waals surface area contributed by atoms with Gasteiger partial charge in [-0.05, 0) is 54.8 Å². The molecule has 5 aliphatic rings. The molecular weight excluding hydrogens is 264 g/mol. The van der Waals surface area contributed by atoms with Gasteiger partial charge in [-0.3, -0.25) is 0 Å². The van der Waals surface area contributed by atoms with Gasteiger partial charge in [0.1, 0.15) is 0 Å². The lowest BCUT2D eigenvalue weighted by atomic mass is 9.73. The Morgan fingerprint density at radius 2 is 0.682 bits per heavy atom. The van der Waals surface area contributed by atoms with Gasteiger partial charge in [-0.15, -0.1) is 0 Å². The van der Waals surface area contributed by atoms with Crippen LogP contribution in [0.1, 0.15) is 103 Å². The Morgan fingerprint density at radius 1 is 0.318 bits per heavy atom. The molecule has 0 aromatic heterocycles. The quantitative estimate of drug-likeness (QED) is 0.453. The zero-order valence-electron chi connectivity index (χ0n) is 14.8. The van der Waals surface area contributed by atoms with Crippen molar-refractivity contribution < 1.29 is 0 Å². The minimum absolute atomic E-state index is 1.17. The lowest BCUT2D eigenvalue weighted by Crippen LogP contribution is -2.22. The lowest BCUT2D eigenvalue weighted by molar-refractivity contribution is 0.184. The van der Waals surface area contributed by atoms with Crippen molar-refractivity contribution in [1.82, 2.24) is 0 Å². The maximum atomic E-state index is 1.62. The van der Waals surface area contributed by atoms with E-state index >= 15 is 0 Å². The second-order valence-corrected chi connectivity index (χ2v) is 9.39. The second-order valence-electron chi connectivity index (χ2n) is 9.39. The third-order valence-electron chi connectivity index (χ3n) is 8.31. The minimum atomic E-state index is 1.17. The topological polar surface area (TPSA) is 0 Å². The fourth-order valence-corrected chi connectivity index (χ4v) is 7.26. The summed E-state index contributed by atoms with van der Waals surface area (Å²) in [5.74, 6) is 7.03. The van der Waals surface area contributed by atoms with Crippen LogP contribution in [0.3, 0.4) is 0 Å². The molecule has 22 heavy (non-hydrogen) atoms. The molecule has 6 atom stereocenters. The molecule has 0 heteroatoms. The Hall–Kier alpha value is 0. The third kappa shape index (κ3) is 3.27. The molecular formula is C22H38. The van der Waals surface area contributed by atoms with E-state index in [4.69, 9.17) is 0 Å². The average molecular weight is 303 g/mol. The van der Waals surface area contributed by atoms with Crippen molar-refractivity contribution in [2.75, 3.05) is 0 Å². The van der Waals surface area contributed by atoms with Gasteiger partial charge in [0.05, 0.1) is 0 Å². The van der Waals surface area contributed by atoms with Crippen LogP contribution in [-0.2, 0) is 0 Å². The van der Waals surface area contributed by atoms with E-state index in [2.05, 4.69) is 0 Å². The van der Waals surface area contributed by atoms with Crippen molar-refractivity contribution in [1.29, 1.82) is 0 Å². The lowest BCUT2D eigenvalue weighted by Gasteiger charge is -2.32. The van der Waals surface area contributed by atoms with Crippen LogP contribution in [0, 0.1) is 35.5 Å². The third-order valence-corrected chi connectivity index (χ3v) is 8.31. The first kappa shape index (κ1) is 15.5. The molecule has 0 heterocycles. The van der Waals surface area contributed by atoms with E-state index in [-0.39, 0.29) is 0 Å². The zero-order valence-corrected chi connectivity index (χ0v) is 14.8. The van der Waals surface area contributed by atoms with Crippen LogP contribution in [-0.4, -0.2) is 0 Å². The molecule has 0 aliphatic heterocycles. The smallest absolute Gasteiger partial charge is 0.0355 e. The molecule has 0 saturated heterocycles. The minimum Gasteiger partial charge on any atom is -0.0530 e. The van der Waals surface area contributed by atoms with E-state index < -0.39 is 0 Å². The van der Waals surface area contributed by atoms with Crippen LogP contribution < -0.4 is 0 Å². The molecule has 5 saturated carbocycles. The fourth-order valence-electron chi connectivity index (χ4n) is 7.26. The van der Waals surface area contributed by atoms with Gasteiger partial charge in [0.25, 0.3) is 0 Å². The van der Waals surface area contributed by atoms with E-state index in [1.807, 2.05) is 0 Å². The first-order valence-corrected chi connectivity index (χ1v) is 10.9. The van der Waals surface area contributed by atoms with E-state index in [1.165, 1.54) is 54.8 Å². The number of rotatable bonds is 0. The van der Waals surface area contributed by atoms with Crippen molar-refractivity contribution in [3.05, 3.63) is 0 Å². The van der Waals surface area contributed by atoms with Crippen LogP contribution >= 0.6 is 0 Å². The highest BCUT2D eigenvalue weighted by molar-refractivity contribution is 4.94. The molecule has 0 nitrogen and oxygen atoms in total. The van der Waals surface area contributed by atoms with Gasteiger partial charge >= 0.3 is 0 Å². The van der Waals surface area contributed by atoms with Crippen molar-refractivity contribution in [2.45, 2.75) is 103 Å². The van der Waals surface area contributed by atoms with E-state index in [9.17, 15) is 0 Å². The highest BCUT2D eigenvalue weighted by atomic mass is 14.5. The SMILES string of the molecule is C1CCC2C(C1)CC1CCCCC12.C1CCC2CCCC2C1. The monoisotopic (exact) mass is 302 g/mol. The Bertz CT molecular complexity index is 314. The van der Waals surface area contributed by atoms with Crippen LogP contribution in [0.4, 0.5) is 0 Å². The van der Waals surface area contributed by atoms with Crippen molar-refractivity contribution in [2.24, 2.45) is 35.5 Å². The summed E-state index contributed by atoms with van der Waals surface area (Å²) in [7, 11) is 0. The fraction of sp³-hybridized carbons (Fsp3) is 1.00. The van der Waals surface area contributed by atoms with Crippen LogP contribution in [0.25, 0.3) is 0 Å². The van der Waals surface area contributed by atoms with Crippen molar-refractivity contribution >= 4 is 0 Å². The van der Waals surface area contributed by atoms with Gasteiger partial charge in [-0.1, -0.05) is 83.5 Å². The van der Waals surface area contributed by atoms with E-state index in [0.717, 1.165) is 0 Å². The standard InChI is InChI=1S/C13H22.C9H16/c1-3-7-12-10(5-1)9-11-6-2-4-8-13(11)12;1-2-5-9-7-3-6-8(9)4-1/h10-13H,1-9H2;8-9H,1-7H2. The molecule has 0 amide bonds. The molecule has 0 bridgehead atoms. The Balaban J connectivity index is 0.000000122. The van der Waals surface area contributed by atoms with Gasteiger partial charge in [0.15, 0.2) is 0 Å². The van der Waals surface area contributed by atoms with Gasteiger partial charge in [0, 0.05) is 0 Å². The molecule has 0 aromatic carbocycles. The van der Waals surface area contributed by atoms with Gasteiger partial charge in [-0.25, -0.2) is 0 Å². The van der Waals surface area contributed by atoms with Crippen LogP contribution in [0.2, 0.25) is 0 Å². The summed E-state index contributed by atoms with van der Waals surface area (Å²) in [5.41, 5.74) is 0. The predicted molar refractivity (Wildman–Crippen MR) is 94.8 cm³/mol.